The number of hydrogen-bond acceptors (Lipinski definition) is 3. The first-order chi connectivity index (χ1) is 15.8. The number of benzene rings is 2. The van der Waals surface area contributed by atoms with Gasteiger partial charge in [-0.05, 0) is 73.7 Å². The number of halogens is 4. The molecule has 2 fully saturated rings. The van der Waals surface area contributed by atoms with Gasteiger partial charge in [0.05, 0.1) is 5.41 Å². The van der Waals surface area contributed by atoms with Gasteiger partial charge in [-0.2, -0.15) is 0 Å². The van der Waals surface area contributed by atoms with Crippen LogP contribution in [0.4, 0.5) is 0 Å². The largest absolute Gasteiger partial charge is 0.354 e. The summed E-state index contributed by atoms with van der Waals surface area (Å²) in [7, 11) is 0. The highest BCUT2D eigenvalue weighted by atomic mass is 35.5. The van der Waals surface area contributed by atoms with Gasteiger partial charge in [-0.3, -0.25) is 9.59 Å². The number of nitrogens with one attached hydrogen (secondary N) is 3. The lowest BCUT2D eigenvalue weighted by Crippen LogP contribution is -2.51. The number of carbonyl (C=O) groups is 2. The fraction of sp³-hybridized carbons (Fsp3) is 0.417. The van der Waals surface area contributed by atoms with E-state index in [0.29, 0.717) is 45.4 Å². The van der Waals surface area contributed by atoms with Crippen LogP contribution in [0.2, 0.25) is 20.1 Å². The molecule has 4 rings (SSSR count). The molecule has 0 bridgehead atoms. The van der Waals surface area contributed by atoms with Crippen molar-refractivity contribution < 1.29 is 9.59 Å². The zero-order valence-electron chi connectivity index (χ0n) is 17.9. The first-order valence-corrected chi connectivity index (χ1v) is 12.5. The molecular weight excluding hydrogens is 504 g/mol. The standard InChI is InChI=1S/C24H25Cl4N3O2/c25-16-2-1-15(19(27)10-16)9-21(22(32)30-13-14-5-8-29-12-14)31-23(33)24(6-7-24)18-4-3-17(26)11-20(18)28/h1-4,10-11,14,21,29H,5-9,12-13H2,(H,30,32)(H,31,33)/t14-,21-/m0/s1. The van der Waals surface area contributed by atoms with Crippen LogP contribution in [0.3, 0.4) is 0 Å². The second-order valence-electron chi connectivity index (χ2n) is 8.78. The lowest BCUT2D eigenvalue weighted by Gasteiger charge is -2.24. The summed E-state index contributed by atoms with van der Waals surface area (Å²) in [5, 5.41) is 11.2. The van der Waals surface area contributed by atoms with Crippen LogP contribution in [0, 0.1) is 5.92 Å². The van der Waals surface area contributed by atoms with Gasteiger partial charge in [-0.1, -0.05) is 58.5 Å². The second-order valence-corrected chi connectivity index (χ2v) is 10.5. The van der Waals surface area contributed by atoms with E-state index in [4.69, 9.17) is 46.4 Å². The van der Waals surface area contributed by atoms with Gasteiger partial charge in [0.2, 0.25) is 11.8 Å². The predicted octanol–water partition coefficient (Wildman–Crippen LogP) is 4.79. The van der Waals surface area contributed by atoms with E-state index in [2.05, 4.69) is 16.0 Å². The van der Waals surface area contributed by atoms with Crippen molar-refractivity contribution in [1.29, 1.82) is 0 Å². The van der Waals surface area contributed by atoms with Crippen LogP contribution < -0.4 is 16.0 Å². The number of rotatable bonds is 8. The highest BCUT2D eigenvalue weighted by Gasteiger charge is 2.53. The topological polar surface area (TPSA) is 70.2 Å². The van der Waals surface area contributed by atoms with Crippen molar-refractivity contribution in [3.63, 3.8) is 0 Å². The SMILES string of the molecule is O=C(NC[C@H]1CCNC1)[C@H](Cc1ccc(Cl)cc1Cl)NC(=O)C1(c2ccc(Cl)cc2Cl)CC1. The minimum Gasteiger partial charge on any atom is -0.354 e. The van der Waals surface area contributed by atoms with Crippen molar-refractivity contribution in [2.75, 3.05) is 19.6 Å². The molecule has 1 aliphatic heterocycles. The molecule has 2 aliphatic rings. The van der Waals surface area contributed by atoms with Gasteiger partial charge in [-0.15, -0.1) is 0 Å². The lowest BCUT2D eigenvalue weighted by atomic mass is 9.94. The predicted molar refractivity (Wildman–Crippen MR) is 133 cm³/mol. The molecule has 0 unspecified atom stereocenters. The summed E-state index contributed by atoms with van der Waals surface area (Å²) in [5.74, 6) is -0.0779. The Labute approximate surface area is 213 Å². The van der Waals surface area contributed by atoms with Gasteiger partial charge < -0.3 is 16.0 Å². The van der Waals surface area contributed by atoms with E-state index in [1.807, 2.05) is 0 Å². The van der Waals surface area contributed by atoms with Crippen molar-refractivity contribution in [3.05, 3.63) is 67.6 Å². The van der Waals surface area contributed by atoms with Crippen LogP contribution in [0.1, 0.15) is 30.4 Å². The number of amides is 2. The molecule has 5 nitrogen and oxygen atoms in total. The van der Waals surface area contributed by atoms with Crippen LogP contribution >= 0.6 is 46.4 Å². The summed E-state index contributed by atoms with van der Waals surface area (Å²) in [6.45, 7) is 2.38. The van der Waals surface area contributed by atoms with Gasteiger partial charge in [-0.25, -0.2) is 0 Å². The normalized spacial score (nSPS) is 19.7. The van der Waals surface area contributed by atoms with E-state index in [0.717, 1.165) is 30.6 Å². The third-order valence-corrected chi connectivity index (χ3v) is 7.55. The monoisotopic (exact) mass is 527 g/mol. The van der Waals surface area contributed by atoms with E-state index in [1.165, 1.54) is 0 Å². The third-order valence-electron chi connectivity index (χ3n) is 6.42. The van der Waals surface area contributed by atoms with Gasteiger partial charge in [0.25, 0.3) is 0 Å². The molecule has 1 saturated heterocycles. The fourth-order valence-electron chi connectivity index (χ4n) is 4.29. The molecule has 3 N–H and O–H groups in total. The first kappa shape index (κ1) is 24.6. The summed E-state index contributed by atoms with van der Waals surface area (Å²) >= 11 is 24.8. The molecule has 1 saturated carbocycles. The molecule has 0 spiro atoms. The molecule has 2 amide bonds. The molecule has 9 heteroatoms. The van der Waals surface area contributed by atoms with E-state index >= 15 is 0 Å². The van der Waals surface area contributed by atoms with Crippen molar-refractivity contribution in [2.45, 2.75) is 37.1 Å². The van der Waals surface area contributed by atoms with Gasteiger partial charge >= 0.3 is 0 Å². The highest BCUT2D eigenvalue weighted by molar-refractivity contribution is 6.35. The summed E-state index contributed by atoms with van der Waals surface area (Å²) < 4.78 is 0. The van der Waals surface area contributed by atoms with Crippen LogP contribution in [0.15, 0.2) is 36.4 Å². The third kappa shape index (κ3) is 5.77. The molecule has 1 aliphatic carbocycles. The lowest BCUT2D eigenvalue weighted by molar-refractivity contribution is -0.130. The minimum atomic E-state index is -0.783. The van der Waals surface area contributed by atoms with Crippen LogP contribution in [0.25, 0.3) is 0 Å². The average molecular weight is 529 g/mol. The Morgan fingerprint density at radius 2 is 1.73 bits per heavy atom. The van der Waals surface area contributed by atoms with Gasteiger partial charge in [0, 0.05) is 33.1 Å². The maximum absolute atomic E-state index is 13.4. The van der Waals surface area contributed by atoms with Crippen molar-refractivity contribution >= 4 is 58.2 Å². The first-order valence-electron chi connectivity index (χ1n) is 11.0. The number of carbonyl (C=O) groups excluding carboxylic acids is 2. The van der Waals surface area contributed by atoms with Gasteiger partial charge in [0.1, 0.15) is 6.04 Å². The Bertz CT molecular complexity index is 1050. The number of hydrogen-bond donors (Lipinski definition) is 3. The van der Waals surface area contributed by atoms with E-state index in [1.54, 1.807) is 36.4 Å². The van der Waals surface area contributed by atoms with Crippen molar-refractivity contribution in [1.82, 2.24) is 16.0 Å². The Balaban J connectivity index is 1.52. The summed E-state index contributed by atoms with van der Waals surface area (Å²) in [6, 6.07) is 9.50. The maximum Gasteiger partial charge on any atom is 0.242 e. The molecule has 0 radical (unpaired) electrons. The van der Waals surface area contributed by atoms with E-state index < -0.39 is 11.5 Å². The molecule has 2 atom stereocenters. The Morgan fingerprint density at radius 1 is 1.03 bits per heavy atom. The Kier molecular flexibility index (Phi) is 7.76. The summed E-state index contributed by atoms with van der Waals surface area (Å²) in [5.41, 5.74) is 0.713. The zero-order valence-corrected chi connectivity index (χ0v) is 20.9. The van der Waals surface area contributed by atoms with E-state index in [-0.39, 0.29) is 18.2 Å². The van der Waals surface area contributed by atoms with Gasteiger partial charge in [0.15, 0.2) is 0 Å². The summed E-state index contributed by atoms with van der Waals surface area (Å²) in [4.78, 5) is 26.6. The van der Waals surface area contributed by atoms with Crippen LogP contribution in [-0.2, 0) is 21.4 Å². The van der Waals surface area contributed by atoms with Crippen LogP contribution in [-0.4, -0.2) is 37.5 Å². The zero-order chi connectivity index (χ0) is 23.6. The van der Waals surface area contributed by atoms with Crippen molar-refractivity contribution in [3.8, 4) is 0 Å². The highest BCUT2D eigenvalue weighted by Crippen LogP contribution is 2.51. The average Bonchev–Trinajstić information content (AvgIpc) is 3.40. The van der Waals surface area contributed by atoms with Crippen molar-refractivity contribution in [2.24, 2.45) is 5.92 Å². The van der Waals surface area contributed by atoms with Crippen LogP contribution in [0.5, 0.6) is 0 Å². The second kappa shape index (κ2) is 10.4. The molecule has 2 aromatic rings. The van der Waals surface area contributed by atoms with E-state index in [9.17, 15) is 9.59 Å². The Morgan fingerprint density at radius 3 is 2.33 bits per heavy atom. The fourth-order valence-corrected chi connectivity index (χ4v) is 5.37. The summed E-state index contributed by atoms with van der Waals surface area (Å²) in [6.07, 6.45) is 2.58. The molecule has 176 valence electrons. The quantitative estimate of drug-likeness (QED) is 0.461. The maximum atomic E-state index is 13.4. The molecule has 1 heterocycles. The molecular formula is C24H25Cl4N3O2. The molecule has 0 aromatic heterocycles. The smallest absolute Gasteiger partial charge is 0.242 e. The molecule has 33 heavy (non-hydrogen) atoms. The Hall–Kier alpha value is -1.50. The molecule has 2 aromatic carbocycles. The minimum absolute atomic E-state index is 0.223.